The quantitative estimate of drug-likeness (QED) is 0.732. The maximum absolute atomic E-state index is 13.1. The smallest absolute Gasteiger partial charge is 0.338 e. The Balaban J connectivity index is 2.12. The summed E-state index contributed by atoms with van der Waals surface area (Å²) in [5.74, 6) is -1.24. The first-order valence-corrected chi connectivity index (χ1v) is 10.6. The van der Waals surface area contributed by atoms with Crippen molar-refractivity contribution in [3.8, 4) is 0 Å². The van der Waals surface area contributed by atoms with Crippen molar-refractivity contribution in [1.29, 1.82) is 0 Å². The maximum atomic E-state index is 13.1. The van der Waals surface area contributed by atoms with Crippen molar-refractivity contribution in [3.63, 3.8) is 0 Å². The summed E-state index contributed by atoms with van der Waals surface area (Å²) in [4.78, 5) is 25.0. The zero-order chi connectivity index (χ0) is 21.2. The van der Waals surface area contributed by atoms with Crippen LogP contribution in [0.25, 0.3) is 0 Å². The lowest BCUT2D eigenvalue weighted by Crippen LogP contribution is -2.47. The number of sulfone groups is 1. The van der Waals surface area contributed by atoms with E-state index in [1.54, 1.807) is 56.3 Å². The molecule has 2 aromatic carbocycles. The first-order valence-electron chi connectivity index (χ1n) is 8.97. The van der Waals surface area contributed by atoms with Crippen LogP contribution in [0.15, 0.2) is 64.7 Å². The van der Waals surface area contributed by atoms with Crippen molar-refractivity contribution in [2.24, 2.45) is 0 Å². The molecule has 2 aromatic rings. The van der Waals surface area contributed by atoms with Crippen LogP contribution < -0.4 is 10.6 Å². The van der Waals surface area contributed by atoms with Crippen LogP contribution in [0.2, 0.25) is 0 Å². The van der Waals surface area contributed by atoms with Gasteiger partial charge in [0.15, 0.2) is 9.84 Å². The number of esters is 1. The molecule has 0 aliphatic carbocycles. The van der Waals surface area contributed by atoms with E-state index >= 15 is 0 Å². The molecular formula is C21H22N2O5S. The molecule has 29 heavy (non-hydrogen) atoms. The van der Waals surface area contributed by atoms with E-state index in [-0.39, 0.29) is 16.2 Å². The summed E-state index contributed by atoms with van der Waals surface area (Å²) in [5, 5.41) is 5.16. The van der Waals surface area contributed by atoms with Gasteiger partial charge in [-0.25, -0.2) is 18.0 Å². The normalized spacial score (nSPS) is 16.8. The molecule has 7 nitrogen and oxygen atoms in total. The molecule has 0 fully saturated rings. The first kappa shape index (κ1) is 20.6. The predicted octanol–water partition coefficient (Wildman–Crippen LogP) is 2.56. The van der Waals surface area contributed by atoms with Crippen molar-refractivity contribution < 1.29 is 22.7 Å². The van der Waals surface area contributed by atoms with Crippen molar-refractivity contribution in [2.45, 2.75) is 24.8 Å². The van der Waals surface area contributed by atoms with Gasteiger partial charge >= 0.3 is 12.0 Å². The van der Waals surface area contributed by atoms with Crippen LogP contribution in [0, 0.1) is 13.8 Å². The van der Waals surface area contributed by atoms with Crippen LogP contribution in [0.3, 0.4) is 0 Å². The van der Waals surface area contributed by atoms with E-state index in [1.165, 1.54) is 7.11 Å². The molecule has 0 bridgehead atoms. The minimum absolute atomic E-state index is 0.00959. The summed E-state index contributed by atoms with van der Waals surface area (Å²) in [6, 6.07) is 12.6. The number of carbonyl (C=O) groups is 2. The summed E-state index contributed by atoms with van der Waals surface area (Å²) in [5.41, 5.74) is 2.11. The molecule has 0 spiro atoms. The average molecular weight is 414 g/mol. The molecule has 1 heterocycles. The molecule has 1 unspecified atom stereocenters. The fourth-order valence-electron chi connectivity index (χ4n) is 3.29. The van der Waals surface area contributed by atoms with Crippen LogP contribution in [-0.4, -0.2) is 33.3 Å². The molecule has 0 saturated carbocycles. The van der Waals surface area contributed by atoms with Gasteiger partial charge in [-0.05, 0) is 36.6 Å². The highest BCUT2D eigenvalue weighted by Crippen LogP contribution is 2.29. The fraction of sp³-hybridized carbons (Fsp3) is 0.238. The first-order chi connectivity index (χ1) is 13.7. The topological polar surface area (TPSA) is 102 Å². The Morgan fingerprint density at radius 1 is 1.10 bits per heavy atom. The fourth-order valence-corrected chi connectivity index (χ4v) is 4.98. The second kappa shape index (κ2) is 8.08. The Labute approximate surface area is 169 Å². The van der Waals surface area contributed by atoms with E-state index in [4.69, 9.17) is 4.74 Å². The minimum atomic E-state index is -3.82. The molecule has 1 atom stereocenters. The molecule has 0 saturated heterocycles. The van der Waals surface area contributed by atoms with Gasteiger partial charge in [0.05, 0.1) is 29.4 Å². The van der Waals surface area contributed by atoms with E-state index in [9.17, 15) is 18.0 Å². The third-order valence-corrected chi connectivity index (χ3v) is 6.48. The van der Waals surface area contributed by atoms with E-state index < -0.39 is 33.6 Å². The third-order valence-electron chi connectivity index (χ3n) is 4.70. The van der Waals surface area contributed by atoms with Gasteiger partial charge in [0, 0.05) is 5.70 Å². The van der Waals surface area contributed by atoms with Gasteiger partial charge in [0.2, 0.25) is 0 Å². The number of rotatable bonds is 5. The van der Waals surface area contributed by atoms with Gasteiger partial charge in [-0.2, -0.15) is 0 Å². The number of benzene rings is 2. The molecule has 1 aliphatic heterocycles. The second-order valence-electron chi connectivity index (χ2n) is 6.85. The Morgan fingerprint density at radius 2 is 1.79 bits per heavy atom. The monoisotopic (exact) mass is 414 g/mol. The molecule has 0 aromatic heterocycles. The summed E-state index contributed by atoms with van der Waals surface area (Å²) in [7, 11) is -2.61. The number of aryl methyl sites for hydroxylation is 2. The largest absolute Gasteiger partial charge is 0.466 e. The highest BCUT2D eigenvalue weighted by Gasteiger charge is 2.35. The molecule has 152 valence electrons. The lowest BCUT2D eigenvalue weighted by atomic mass is 9.96. The van der Waals surface area contributed by atoms with E-state index in [0.29, 0.717) is 11.1 Å². The van der Waals surface area contributed by atoms with Gasteiger partial charge < -0.3 is 15.4 Å². The zero-order valence-electron chi connectivity index (χ0n) is 16.4. The van der Waals surface area contributed by atoms with Crippen LogP contribution in [-0.2, 0) is 19.4 Å². The van der Waals surface area contributed by atoms with Crippen LogP contribution in [0.1, 0.15) is 22.7 Å². The highest BCUT2D eigenvalue weighted by atomic mass is 32.2. The van der Waals surface area contributed by atoms with Crippen molar-refractivity contribution in [2.75, 3.05) is 12.9 Å². The van der Waals surface area contributed by atoms with Gasteiger partial charge in [-0.15, -0.1) is 0 Å². The summed E-state index contributed by atoms with van der Waals surface area (Å²) < 4.78 is 31.1. The summed E-state index contributed by atoms with van der Waals surface area (Å²) in [6.07, 6.45) is 0. The lowest BCUT2D eigenvalue weighted by Gasteiger charge is -2.29. The molecule has 3 rings (SSSR count). The Hall–Kier alpha value is -3.13. The molecule has 8 heteroatoms. The van der Waals surface area contributed by atoms with Crippen LogP contribution >= 0.6 is 0 Å². The molecule has 2 amide bonds. The number of hydrogen-bond acceptors (Lipinski definition) is 5. The number of carbonyl (C=O) groups excluding carboxylic acids is 2. The lowest BCUT2D eigenvalue weighted by molar-refractivity contribution is -0.136. The Morgan fingerprint density at radius 3 is 2.45 bits per heavy atom. The third kappa shape index (κ3) is 4.32. The second-order valence-corrected chi connectivity index (χ2v) is 8.81. The average Bonchev–Trinajstić information content (AvgIpc) is 2.69. The van der Waals surface area contributed by atoms with Gasteiger partial charge in [-0.3, -0.25) is 0 Å². The number of nitrogens with one attached hydrogen (secondary N) is 2. The Kier molecular flexibility index (Phi) is 5.74. The highest BCUT2D eigenvalue weighted by molar-refractivity contribution is 7.91. The Bertz CT molecular complexity index is 1090. The van der Waals surface area contributed by atoms with Crippen LogP contribution in [0.5, 0.6) is 0 Å². The number of ether oxygens (including phenoxy) is 1. The van der Waals surface area contributed by atoms with E-state index in [1.807, 2.05) is 6.07 Å². The zero-order valence-corrected chi connectivity index (χ0v) is 17.2. The molecule has 2 N–H and O–H groups in total. The number of methoxy groups -OCH3 is 1. The summed E-state index contributed by atoms with van der Waals surface area (Å²) in [6.45, 7) is 3.51. The number of hydrogen-bond donors (Lipinski definition) is 2. The number of amides is 2. The van der Waals surface area contributed by atoms with Crippen molar-refractivity contribution in [1.82, 2.24) is 10.6 Å². The summed E-state index contributed by atoms with van der Waals surface area (Å²) >= 11 is 0. The van der Waals surface area contributed by atoms with Gasteiger partial charge in [-0.1, -0.05) is 42.5 Å². The van der Waals surface area contributed by atoms with Gasteiger partial charge in [0.1, 0.15) is 0 Å². The maximum Gasteiger partial charge on any atom is 0.338 e. The van der Waals surface area contributed by atoms with E-state index in [2.05, 4.69) is 10.6 Å². The van der Waals surface area contributed by atoms with Gasteiger partial charge in [0.25, 0.3) is 0 Å². The SMILES string of the molecule is COC(=O)C1=C(CS(=O)(=O)c2cc(C)ccc2C)NC(=O)NC1c1ccccc1. The molecule has 0 radical (unpaired) electrons. The molecule has 1 aliphatic rings. The molecular weight excluding hydrogens is 392 g/mol. The number of urea groups is 1. The van der Waals surface area contributed by atoms with Crippen LogP contribution in [0.4, 0.5) is 4.79 Å². The van der Waals surface area contributed by atoms with Crippen molar-refractivity contribution in [3.05, 3.63) is 76.5 Å². The van der Waals surface area contributed by atoms with E-state index in [0.717, 1.165) is 5.56 Å². The minimum Gasteiger partial charge on any atom is -0.466 e. The standard InChI is InChI=1S/C21H22N2O5S/c1-13-9-10-14(2)17(11-13)29(26,27)12-16-18(20(24)28-3)19(23-21(25)22-16)15-7-5-4-6-8-15/h4-11,19H,12H2,1-3H3,(H2,22,23,25). The van der Waals surface area contributed by atoms with Crippen molar-refractivity contribution >= 4 is 21.8 Å². The predicted molar refractivity (Wildman–Crippen MR) is 108 cm³/mol.